The van der Waals surface area contributed by atoms with Gasteiger partial charge in [-0.2, -0.15) is 0 Å². The Morgan fingerprint density at radius 2 is 1.86 bits per heavy atom. The van der Waals surface area contributed by atoms with E-state index in [2.05, 4.69) is 5.32 Å². The molecule has 1 N–H and O–H groups in total. The lowest BCUT2D eigenvalue weighted by molar-refractivity contribution is -0.385. The zero-order valence-electron chi connectivity index (χ0n) is 20.0. The number of nitrogens with one attached hydrogen (secondary N) is 1. The Kier molecular flexibility index (Phi) is 10.6. The minimum absolute atomic E-state index is 0.00658. The van der Waals surface area contributed by atoms with Gasteiger partial charge in [0.1, 0.15) is 11.8 Å². The van der Waals surface area contributed by atoms with Gasteiger partial charge in [0.05, 0.1) is 22.1 Å². The summed E-state index contributed by atoms with van der Waals surface area (Å²) in [5.74, 6) is -0.248. The lowest BCUT2D eigenvalue weighted by atomic mass is 10.1. The summed E-state index contributed by atoms with van der Waals surface area (Å²) < 4.78 is 10.6. The summed E-state index contributed by atoms with van der Waals surface area (Å²) in [7, 11) is 1.30. The number of hydrogen-bond acceptors (Lipinski definition) is 6. The SMILES string of the molecule is CC[C@H](C(=O)NCC(C)C)N(Cc1ccc(Cl)c(Cl)c1)C(=O)COc1ccc([N+](=O)[O-])c(OC)c1. The van der Waals surface area contributed by atoms with E-state index in [0.717, 1.165) is 0 Å². The normalized spacial score (nSPS) is 11.6. The highest BCUT2D eigenvalue weighted by molar-refractivity contribution is 6.42. The van der Waals surface area contributed by atoms with Crippen molar-refractivity contribution >= 4 is 40.7 Å². The van der Waals surface area contributed by atoms with Crippen molar-refractivity contribution in [2.24, 2.45) is 5.92 Å². The molecule has 0 bridgehead atoms. The Balaban J connectivity index is 2.26. The van der Waals surface area contributed by atoms with E-state index in [1.807, 2.05) is 20.8 Å². The van der Waals surface area contributed by atoms with Crippen molar-refractivity contribution in [2.75, 3.05) is 20.3 Å². The number of benzene rings is 2. The maximum Gasteiger partial charge on any atom is 0.311 e. The van der Waals surface area contributed by atoms with Crippen LogP contribution in [0.15, 0.2) is 36.4 Å². The first-order chi connectivity index (χ1) is 16.6. The van der Waals surface area contributed by atoms with E-state index in [9.17, 15) is 19.7 Å². The molecule has 9 nitrogen and oxygen atoms in total. The Labute approximate surface area is 214 Å². The molecule has 0 spiro atoms. The van der Waals surface area contributed by atoms with Crippen molar-refractivity contribution < 1.29 is 24.0 Å². The third-order valence-corrected chi connectivity index (χ3v) is 5.86. The second-order valence-corrected chi connectivity index (χ2v) is 9.03. The average molecular weight is 526 g/mol. The molecule has 35 heavy (non-hydrogen) atoms. The number of halogens is 2. The monoisotopic (exact) mass is 525 g/mol. The fraction of sp³-hybridized carbons (Fsp3) is 0.417. The summed E-state index contributed by atoms with van der Waals surface area (Å²) in [6.45, 7) is 5.96. The summed E-state index contributed by atoms with van der Waals surface area (Å²) in [4.78, 5) is 38.1. The molecule has 0 aliphatic carbocycles. The predicted molar refractivity (Wildman–Crippen MR) is 134 cm³/mol. The molecule has 11 heteroatoms. The van der Waals surface area contributed by atoms with Gasteiger partial charge < -0.3 is 19.7 Å². The number of rotatable bonds is 12. The van der Waals surface area contributed by atoms with Crippen LogP contribution in [0.1, 0.15) is 32.8 Å². The van der Waals surface area contributed by atoms with Gasteiger partial charge in [-0.1, -0.05) is 50.0 Å². The van der Waals surface area contributed by atoms with Crippen molar-refractivity contribution in [1.29, 1.82) is 0 Å². The minimum atomic E-state index is -0.745. The van der Waals surface area contributed by atoms with Crippen molar-refractivity contribution in [3.05, 3.63) is 62.1 Å². The molecule has 2 aromatic carbocycles. The van der Waals surface area contributed by atoms with Crippen LogP contribution in [0.4, 0.5) is 5.69 Å². The fourth-order valence-electron chi connectivity index (χ4n) is 3.30. The summed E-state index contributed by atoms with van der Waals surface area (Å²) in [5, 5.41) is 14.7. The molecule has 0 saturated heterocycles. The van der Waals surface area contributed by atoms with Crippen molar-refractivity contribution in [1.82, 2.24) is 10.2 Å². The summed E-state index contributed by atoms with van der Waals surface area (Å²) >= 11 is 12.2. The van der Waals surface area contributed by atoms with E-state index >= 15 is 0 Å². The smallest absolute Gasteiger partial charge is 0.311 e. The van der Waals surface area contributed by atoms with Gasteiger partial charge in [0.15, 0.2) is 6.61 Å². The molecule has 2 amide bonds. The van der Waals surface area contributed by atoms with E-state index in [1.165, 1.54) is 30.2 Å². The highest BCUT2D eigenvalue weighted by Gasteiger charge is 2.29. The Bertz CT molecular complexity index is 1060. The van der Waals surface area contributed by atoms with Gasteiger partial charge in [0, 0.05) is 25.2 Å². The van der Waals surface area contributed by atoms with Crippen LogP contribution < -0.4 is 14.8 Å². The first-order valence-corrected chi connectivity index (χ1v) is 11.8. The topological polar surface area (TPSA) is 111 Å². The first kappa shape index (κ1) is 28.2. The molecule has 0 fully saturated rings. The van der Waals surface area contributed by atoms with Gasteiger partial charge in [-0.15, -0.1) is 0 Å². The molecule has 0 heterocycles. The van der Waals surface area contributed by atoms with Gasteiger partial charge in [0.25, 0.3) is 5.91 Å². The zero-order valence-corrected chi connectivity index (χ0v) is 21.6. The Hall–Kier alpha value is -3.04. The van der Waals surface area contributed by atoms with Crippen LogP contribution in [0.25, 0.3) is 0 Å². The maximum atomic E-state index is 13.3. The quantitative estimate of drug-likeness (QED) is 0.312. The lowest BCUT2D eigenvalue weighted by Crippen LogP contribution is -2.50. The number of methoxy groups -OCH3 is 1. The highest BCUT2D eigenvalue weighted by Crippen LogP contribution is 2.31. The van der Waals surface area contributed by atoms with E-state index in [0.29, 0.717) is 28.6 Å². The van der Waals surface area contributed by atoms with Gasteiger partial charge in [-0.05, 0) is 36.1 Å². The molecule has 0 unspecified atom stereocenters. The van der Waals surface area contributed by atoms with Gasteiger partial charge in [0.2, 0.25) is 11.7 Å². The van der Waals surface area contributed by atoms with Crippen LogP contribution in [0.2, 0.25) is 10.0 Å². The number of hydrogen-bond donors (Lipinski definition) is 1. The summed E-state index contributed by atoms with van der Waals surface area (Å²) in [6, 6.07) is 8.21. The number of carbonyl (C=O) groups excluding carboxylic acids is 2. The molecule has 1 atom stereocenters. The van der Waals surface area contributed by atoms with Crippen LogP contribution in [0.5, 0.6) is 11.5 Å². The fourth-order valence-corrected chi connectivity index (χ4v) is 3.62. The molecular formula is C24H29Cl2N3O6. The largest absolute Gasteiger partial charge is 0.490 e. The van der Waals surface area contributed by atoms with Crippen molar-refractivity contribution in [2.45, 2.75) is 39.8 Å². The van der Waals surface area contributed by atoms with Gasteiger partial charge >= 0.3 is 5.69 Å². The number of carbonyl (C=O) groups is 2. The lowest BCUT2D eigenvalue weighted by Gasteiger charge is -2.31. The molecule has 0 saturated carbocycles. The number of nitrogens with zero attached hydrogens (tertiary/aromatic N) is 2. The molecule has 0 aliphatic rings. The number of nitro groups is 1. The molecular weight excluding hydrogens is 497 g/mol. The molecule has 2 rings (SSSR count). The summed E-state index contributed by atoms with van der Waals surface area (Å²) in [5.41, 5.74) is 0.472. The number of amides is 2. The molecule has 190 valence electrons. The van der Waals surface area contributed by atoms with Crippen molar-refractivity contribution in [3.63, 3.8) is 0 Å². The first-order valence-electron chi connectivity index (χ1n) is 11.0. The minimum Gasteiger partial charge on any atom is -0.490 e. The van der Waals surface area contributed by atoms with E-state index in [1.54, 1.807) is 18.2 Å². The molecule has 0 aliphatic heterocycles. The van der Waals surface area contributed by atoms with Crippen molar-refractivity contribution in [3.8, 4) is 11.5 Å². The average Bonchev–Trinajstić information content (AvgIpc) is 2.82. The molecule has 0 aromatic heterocycles. The third-order valence-electron chi connectivity index (χ3n) is 5.12. The molecule has 0 radical (unpaired) electrons. The van der Waals surface area contributed by atoms with Crippen LogP contribution in [-0.2, 0) is 16.1 Å². The standard InChI is InChI=1S/C24H29Cl2N3O6/c1-5-20(24(31)27-12-15(2)3)28(13-16-6-8-18(25)19(26)10-16)23(30)14-35-17-7-9-21(29(32)33)22(11-17)34-4/h6-11,15,20H,5,12-14H2,1-4H3,(H,27,31)/t20-/m1/s1. The Morgan fingerprint density at radius 3 is 2.43 bits per heavy atom. The van der Waals surface area contributed by atoms with Crippen LogP contribution in [0.3, 0.4) is 0 Å². The molecule has 2 aromatic rings. The van der Waals surface area contributed by atoms with E-state index in [-0.39, 0.29) is 35.6 Å². The predicted octanol–water partition coefficient (Wildman–Crippen LogP) is 4.87. The third kappa shape index (κ3) is 8.00. The van der Waals surface area contributed by atoms with Crippen LogP contribution in [0, 0.1) is 16.0 Å². The van der Waals surface area contributed by atoms with Crippen LogP contribution >= 0.6 is 23.2 Å². The Morgan fingerprint density at radius 1 is 1.14 bits per heavy atom. The van der Waals surface area contributed by atoms with E-state index < -0.39 is 23.5 Å². The number of ether oxygens (including phenoxy) is 2. The zero-order chi connectivity index (χ0) is 26.1. The van der Waals surface area contributed by atoms with Gasteiger partial charge in [-0.3, -0.25) is 19.7 Å². The maximum absolute atomic E-state index is 13.3. The highest BCUT2D eigenvalue weighted by atomic mass is 35.5. The second-order valence-electron chi connectivity index (χ2n) is 8.21. The van der Waals surface area contributed by atoms with Crippen LogP contribution in [-0.4, -0.2) is 47.9 Å². The second kappa shape index (κ2) is 13.2. The summed E-state index contributed by atoms with van der Waals surface area (Å²) in [6.07, 6.45) is 0.377. The van der Waals surface area contributed by atoms with Gasteiger partial charge in [-0.25, -0.2) is 0 Å². The number of nitro benzene ring substituents is 1. The van der Waals surface area contributed by atoms with E-state index in [4.69, 9.17) is 32.7 Å².